The second kappa shape index (κ2) is 9.14. The number of hydrogen-bond donors (Lipinski definition) is 2. The van der Waals surface area contributed by atoms with Gasteiger partial charge >= 0.3 is 0 Å². The van der Waals surface area contributed by atoms with Crippen LogP contribution in [0.2, 0.25) is 0 Å². The zero-order valence-electron chi connectivity index (χ0n) is 14.5. The minimum Gasteiger partial charge on any atom is -0.364 e. The second-order valence-corrected chi connectivity index (χ2v) is 8.31. The molecule has 2 fully saturated rings. The zero-order chi connectivity index (χ0) is 17.9. The van der Waals surface area contributed by atoms with Gasteiger partial charge in [-0.05, 0) is 37.8 Å². The lowest BCUT2D eigenvalue weighted by molar-refractivity contribution is -0.143. The number of nitrogens with zero attached hydrogens (tertiary/aromatic N) is 1. The molecular formula is C17H26ClN3O4S. The van der Waals surface area contributed by atoms with E-state index in [9.17, 15) is 13.2 Å². The highest BCUT2D eigenvalue weighted by Crippen LogP contribution is 2.23. The van der Waals surface area contributed by atoms with Crippen LogP contribution in [0.1, 0.15) is 25.7 Å². The summed E-state index contributed by atoms with van der Waals surface area (Å²) < 4.78 is 33.1. The van der Waals surface area contributed by atoms with Crippen LogP contribution in [0.15, 0.2) is 35.2 Å². The van der Waals surface area contributed by atoms with E-state index in [2.05, 4.69) is 4.72 Å². The minimum atomic E-state index is -3.52. The number of sulfonamides is 1. The number of nitrogens with one attached hydrogen (secondary N) is 1. The summed E-state index contributed by atoms with van der Waals surface area (Å²) in [6.45, 7) is 1.51. The topological polar surface area (TPSA) is 102 Å². The van der Waals surface area contributed by atoms with Crippen LogP contribution in [-0.2, 0) is 19.6 Å². The Bertz CT molecular complexity index is 693. The zero-order valence-corrected chi connectivity index (χ0v) is 16.2. The van der Waals surface area contributed by atoms with E-state index in [0.29, 0.717) is 38.9 Å². The number of rotatable bonds is 5. The molecule has 3 N–H and O–H groups in total. The van der Waals surface area contributed by atoms with Gasteiger partial charge < -0.3 is 15.4 Å². The van der Waals surface area contributed by atoms with Gasteiger partial charge in [0, 0.05) is 25.7 Å². The van der Waals surface area contributed by atoms with Crippen LogP contribution in [0.25, 0.3) is 0 Å². The van der Waals surface area contributed by atoms with Gasteiger partial charge in [0.05, 0.1) is 11.0 Å². The van der Waals surface area contributed by atoms with Crippen LogP contribution in [-0.4, -0.2) is 57.1 Å². The first-order chi connectivity index (χ1) is 12.0. The molecule has 0 bridgehead atoms. The van der Waals surface area contributed by atoms with Crippen molar-refractivity contribution in [2.45, 2.75) is 48.8 Å². The summed E-state index contributed by atoms with van der Waals surface area (Å²) in [5.41, 5.74) is 5.58. The largest absolute Gasteiger partial charge is 0.364 e. The summed E-state index contributed by atoms with van der Waals surface area (Å²) in [6, 6.07) is 8.18. The van der Waals surface area contributed by atoms with Gasteiger partial charge in [-0.3, -0.25) is 4.79 Å². The SMILES string of the molecule is Cl.NC[C@H]1CC[C@@H](C(=O)N2CCC(NS(=O)(=O)c3ccccc3)CC2)O1. The fraction of sp³-hybridized carbons (Fsp3) is 0.588. The molecule has 26 heavy (non-hydrogen) atoms. The number of hydrogen-bond acceptors (Lipinski definition) is 5. The second-order valence-electron chi connectivity index (χ2n) is 6.59. The smallest absolute Gasteiger partial charge is 0.251 e. The standard InChI is InChI=1S/C17H25N3O4S.ClH/c18-12-14-6-7-16(24-14)17(21)20-10-8-13(9-11-20)19-25(22,23)15-4-2-1-3-5-15;/h1-5,13-14,16,19H,6-12,18H2;1H/t14-,16+;/m1./s1. The van der Waals surface area contributed by atoms with Crippen molar-refractivity contribution in [2.24, 2.45) is 5.73 Å². The van der Waals surface area contributed by atoms with Gasteiger partial charge in [0.15, 0.2) is 0 Å². The summed E-state index contributed by atoms with van der Waals surface area (Å²) in [4.78, 5) is 14.5. The summed E-state index contributed by atoms with van der Waals surface area (Å²) >= 11 is 0. The summed E-state index contributed by atoms with van der Waals surface area (Å²) in [6.07, 6.45) is 2.31. The highest BCUT2D eigenvalue weighted by atomic mass is 35.5. The fourth-order valence-corrected chi connectivity index (χ4v) is 4.70. The average Bonchev–Trinajstić information content (AvgIpc) is 3.11. The van der Waals surface area contributed by atoms with Crippen LogP contribution in [0.4, 0.5) is 0 Å². The number of amides is 1. The molecular weight excluding hydrogens is 378 g/mol. The molecule has 0 spiro atoms. The first-order valence-electron chi connectivity index (χ1n) is 8.71. The lowest BCUT2D eigenvalue weighted by Gasteiger charge is -2.33. The number of benzene rings is 1. The van der Waals surface area contributed by atoms with Crippen molar-refractivity contribution < 1.29 is 17.9 Å². The van der Waals surface area contributed by atoms with Gasteiger partial charge in [-0.25, -0.2) is 13.1 Å². The first kappa shape index (κ1) is 21.1. The molecule has 2 heterocycles. The van der Waals surface area contributed by atoms with Gasteiger partial charge in [0.2, 0.25) is 10.0 Å². The van der Waals surface area contributed by atoms with Gasteiger partial charge in [-0.1, -0.05) is 18.2 Å². The predicted octanol–water partition coefficient (Wildman–Crippen LogP) is 0.884. The molecule has 2 aliphatic heterocycles. The van der Waals surface area contributed by atoms with Crippen molar-refractivity contribution in [1.82, 2.24) is 9.62 Å². The summed E-state index contributed by atoms with van der Waals surface area (Å²) in [5, 5.41) is 0. The molecule has 0 aromatic heterocycles. The third kappa shape index (κ3) is 4.95. The molecule has 0 radical (unpaired) electrons. The third-order valence-electron chi connectivity index (χ3n) is 4.83. The maximum absolute atomic E-state index is 12.5. The Balaban J connectivity index is 0.00000243. The molecule has 2 aliphatic rings. The van der Waals surface area contributed by atoms with Crippen molar-refractivity contribution in [3.8, 4) is 0 Å². The van der Waals surface area contributed by atoms with Gasteiger partial charge in [0.25, 0.3) is 5.91 Å². The number of likely N-dealkylation sites (tertiary alicyclic amines) is 1. The number of ether oxygens (including phenoxy) is 1. The monoisotopic (exact) mass is 403 g/mol. The fourth-order valence-electron chi connectivity index (χ4n) is 3.37. The molecule has 7 nitrogen and oxygen atoms in total. The molecule has 3 rings (SSSR count). The molecule has 1 aromatic rings. The van der Waals surface area contributed by atoms with E-state index in [1.807, 2.05) is 0 Å². The molecule has 2 saturated heterocycles. The average molecular weight is 404 g/mol. The van der Waals surface area contributed by atoms with Crippen LogP contribution in [0.3, 0.4) is 0 Å². The van der Waals surface area contributed by atoms with Crippen molar-refractivity contribution in [3.05, 3.63) is 30.3 Å². The van der Waals surface area contributed by atoms with Gasteiger partial charge in [-0.2, -0.15) is 0 Å². The van der Waals surface area contributed by atoms with Gasteiger partial charge in [-0.15, -0.1) is 12.4 Å². The van der Waals surface area contributed by atoms with Crippen molar-refractivity contribution in [2.75, 3.05) is 19.6 Å². The Hall–Kier alpha value is -1.19. The van der Waals surface area contributed by atoms with Crippen LogP contribution >= 0.6 is 12.4 Å². The molecule has 2 atom stereocenters. The van der Waals surface area contributed by atoms with E-state index in [1.165, 1.54) is 0 Å². The Morgan fingerprint density at radius 1 is 1.15 bits per heavy atom. The van der Waals surface area contributed by atoms with Crippen LogP contribution in [0, 0.1) is 0 Å². The van der Waals surface area contributed by atoms with E-state index in [-0.39, 0.29) is 35.4 Å². The molecule has 146 valence electrons. The summed E-state index contributed by atoms with van der Waals surface area (Å²) in [7, 11) is -3.52. The Morgan fingerprint density at radius 3 is 2.38 bits per heavy atom. The van der Waals surface area contributed by atoms with Crippen molar-refractivity contribution in [1.29, 1.82) is 0 Å². The van der Waals surface area contributed by atoms with Crippen LogP contribution < -0.4 is 10.5 Å². The summed E-state index contributed by atoms with van der Waals surface area (Å²) in [5.74, 6) is 0.000293. The van der Waals surface area contributed by atoms with Crippen molar-refractivity contribution >= 4 is 28.3 Å². The minimum absolute atomic E-state index is 0. The number of nitrogens with two attached hydrogens (primary N) is 1. The molecule has 0 aliphatic carbocycles. The van der Waals surface area contributed by atoms with E-state index in [1.54, 1.807) is 35.2 Å². The molecule has 1 amide bonds. The highest BCUT2D eigenvalue weighted by Gasteiger charge is 2.35. The lowest BCUT2D eigenvalue weighted by atomic mass is 10.0. The normalized spacial score (nSPS) is 24.3. The first-order valence-corrected chi connectivity index (χ1v) is 10.2. The predicted molar refractivity (Wildman–Crippen MR) is 101 cm³/mol. The quantitative estimate of drug-likeness (QED) is 0.760. The number of carbonyl (C=O) groups excluding carboxylic acids is 1. The molecule has 0 saturated carbocycles. The number of halogens is 1. The molecule has 9 heteroatoms. The molecule has 1 aromatic carbocycles. The highest BCUT2D eigenvalue weighted by molar-refractivity contribution is 7.89. The number of carbonyl (C=O) groups is 1. The number of piperidine rings is 1. The molecule has 0 unspecified atom stereocenters. The van der Waals surface area contributed by atoms with Gasteiger partial charge in [0.1, 0.15) is 6.10 Å². The Kier molecular flexibility index (Phi) is 7.42. The Morgan fingerprint density at radius 2 is 1.81 bits per heavy atom. The van der Waals surface area contributed by atoms with E-state index in [0.717, 1.165) is 6.42 Å². The maximum atomic E-state index is 12.5. The third-order valence-corrected chi connectivity index (χ3v) is 6.36. The van der Waals surface area contributed by atoms with E-state index in [4.69, 9.17) is 10.5 Å². The van der Waals surface area contributed by atoms with Crippen molar-refractivity contribution in [3.63, 3.8) is 0 Å². The van der Waals surface area contributed by atoms with Crippen LogP contribution in [0.5, 0.6) is 0 Å². The van der Waals surface area contributed by atoms with E-state index >= 15 is 0 Å². The maximum Gasteiger partial charge on any atom is 0.251 e. The Labute approximate surface area is 160 Å². The lowest BCUT2D eigenvalue weighted by Crippen LogP contribution is -2.49. The van der Waals surface area contributed by atoms with E-state index < -0.39 is 16.1 Å².